The van der Waals surface area contributed by atoms with Gasteiger partial charge in [0.05, 0.1) is 11.2 Å². The molecule has 2 rings (SSSR count). The quantitative estimate of drug-likeness (QED) is 0.880. The van der Waals surface area contributed by atoms with Gasteiger partial charge in [-0.05, 0) is 38.8 Å². The topological polar surface area (TPSA) is 55.1 Å². The Balaban J connectivity index is 2.86. The van der Waals surface area contributed by atoms with Crippen LogP contribution in [0.4, 0.5) is 4.39 Å². The molecule has 4 nitrogen and oxygen atoms in total. The summed E-state index contributed by atoms with van der Waals surface area (Å²) in [7, 11) is 0. The van der Waals surface area contributed by atoms with Gasteiger partial charge in [-0.2, -0.15) is 9.78 Å². The lowest BCUT2D eigenvalue weighted by atomic mass is 10.0. The molecule has 1 aromatic carbocycles. The van der Waals surface area contributed by atoms with E-state index in [-0.39, 0.29) is 28.4 Å². The third kappa shape index (κ3) is 2.76. The molecule has 0 radical (unpaired) electrons. The van der Waals surface area contributed by atoms with Crippen LogP contribution in [0.15, 0.2) is 29.2 Å². The van der Waals surface area contributed by atoms with E-state index in [1.54, 1.807) is 20.8 Å². The molecule has 116 valence electrons. The van der Waals surface area contributed by atoms with Gasteiger partial charge in [-0.15, -0.1) is 0 Å². The normalized spacial score (nSPS) is 10.8. The zero-order chi connectivity index (χ0) is 16.6. The van der Waals surface area contributed by atoms with Gasteiger partial charge in [-0.3, -0.25) is 4.79 Å². The Kier molecular flexibility index (Phi) is 4.37. The van der Waals surface area contributed by atoms with Crippen LogP contribution in [-0.4, -0.2) is 14.9 Å². The third-order valence-corrected chi connectivity index (χ3v) is 3.73. The van der Waals surface area contributed by atoms with Crippen LogP contribution in [0, 0.1) is 19.7 Å². The van der Waals surface area contributed by atoms with Crippen molar-refractivity contribution in [3.05, 3.63) is 62.3 Å². The number of phenolic OH excluding ortho intramolecular Hbond substituents is 1. The molecule has 0 spiro atoms. The Morgan fingerprint density at radius 2 is 2.14 bits per heavy atom. The van der Waals surface area contributed by atoms with Crippen LogP contribution in [0.1, 0.15) is 23.6 Å². The average molecular weight is 323 g/mol. The van der Waals surface area contributed by atoms with Crippen LogP contribution >= 0.6 is 11.6 Å². The number of hydrogen-bond acceptors (Lipinski definition) is 3. The number of hydrogen-bond donors (Lipinski definition) is 1. The minimum Gasteiger partial charge on any atom is -0.506 e. The molecule has 0 bridgehead atoms. The van der Waals surface area contributed by atoms with E-state index in [0.717, 1.165) is 10.7 Å². The number of rotatable bonds is 3. The number of allylic oxidation sites excluding steroid dienone is 1. The van der Waals surface area contributed by atoms with E-state index in [0.29, 0.717) is 16.7 Å². The highest BCUT2D eigenvalue weighted by Gasteiger charge is 2.21. The average Bonchev–Trinajstić information content (AvgIpc) is 2.43. The van der Waals surface area contributed by atoms with Crippen molar-refractivity contribution in [2.24, 2.45) is 0 Å². The number of nitrogens with zero attached hydrogens (tertiary/aromatic N) is 2. The van der Waals surface area contributed by atoms with E-state index >= 15 is 0 Å². The fourth-order valence-corrected chi connectivity index (χ4v) is 2.34. The largest absolute Gasteiger partial charge is 0.506 e. The fraction of sp³-hybridized carbons (Fsp3) is 0.250. The summed E-state index contributed by atoms with van der Waals surface area (Å²) in [4.78, 5) is 12.4. The number of aromatic nitrogens is 2. The van der Waals surface area contributed by atoms with E-state index in [2.05, 4.69) is 11.7 Å². The van der Waals surface area contributed by atoms with E-state index in [4.69, 9.17) is 11.6 Å². The summed E-state index contributed by atoms with van der Waals surface area (Å²) in [6, 6.07) is 0.970. The molecule has 1 aromatic heterocycles. The first kappa shape index (κ1) is 16.2. The molecule has 22 heavy (non-hydrogen) atoms. The minimum absolute atomic E-state index is 0.0991. The lowest BCUT2D eigenvalue weighted by Gasteiger charge is -2.15. The molecule has 0 saturated carbocycles. The first-order chi connectivity index (χ1) is 10.2. The van der Waals surface area contributed by atoms with Gasteiger partial charge in [0.2, 0.25) is 0 Å². The van der Waals surface area contributed by atoms with Crippen LogP contribution in [0.2, 0.25) is 5.02 Å². The molecule has 6 heteroatoms. The number of benzene rings is 1. The number of phenols is 1. The lowest BCUT2D eigenvalue weighted by molar-refractivity contribution is 0.465. The van der Waals surface area contributed by atoms with Crippen LogP contribution in [0.3, 0.4) is 0 Å². The molecule has 2 aromatic rings. The van der Waals surface area contributed by atoms with Crippen LogP contribution in [0.5, 0.6) is 5.75 Å². The highest BCUT2D eigenvalue weighted by Crippen LogP contribution is 2.35. The molecule has 0 atom stereocenters. The van der Waals surface area contributed by atoms with E-state index in [1.807, 2.05) is 0 Å². The summed E-state index contributed by atoms with van der Waals surface area (Å²) in [5.74, 6) is -0.995. The van der Waals surface area contributed by atoms with Crippen molar-refractivity contribution in [2.45, 2.75) is 27.2 Å². The van der Waals surface area contributed by atoms with Gasteiger partial charge in [0, 0.05) is 11.1 Å². The molecule has 0 unspecified atom stereocenters. The van der Waals surface area contributed by atoms with Crippen molar-refractivity contribution in [3.8, 4) is 11.4 Å². The summed E-state index contributed by atoms with van der Waals surface area (Å²) < 4.78 is 15.4. The molecule has 1 heterocycles. The maximum atomic E-state index is 14.4. The molecule has 0 amide bonds. The van der Waals surface area contributed by atoms with Gasteiger partial charge in [0.15, 0.2) is 5.82 Å². The molecule has 0 aliphatic heterocycles. The standard InChI is InChI=1S/C16H16ClFN2O2/c1-8(2)5-11-14(13(18)6-12(17)15(11)21)20-16(22)10(4)9(3)7-19-20/h6-7,21H,1,5H2,2-4H3. The monoisotopic (exact) mass is 322 g/mol. The number of aryl methyl sites for hydroxylation is 1. The summed E-state index contributed by atoms with van der Waals surface area (Å²) in [5, 5.41) is 14.0. The molecular weight excluding hydrogens is 307 g/mol. The van der Waals surface area contributed by atoms with Gasteiger partial charge in [-0.25, -0.2) is 4.39 Å². The van der Waals surface area contributed by atoms with E-state index in [1.165, 1.54) is 6.20 Å². The van der Waals surface area contributed by atoms with Gasteiger partial charge >= 0.3 is 0 Å². The fourth-order valence-electron chi connectivity index (χ4n) is 2.13. The van der Waals surface area contributed by atoms with Crippen molar-refractivity contribution in [2.75, 3.05) is 0 Å². The summed E-state index contributed by atoms with van der Waals surface area (Å²) in [5.41, 5.74) is 1.51. The Hall–Kier alpha value is -2.14. The maximum absolute atomic E-state index is 14.4. The van der Waals surface area contributed by atoms with Crippen LogP contribution < -0.4 is 5.56 Å². The number of aromatic hydroxyl groups is 1. The zero-order valence-corrected chi connectivity index (χ0v) is 13.3. The van der Waals surface area contributed by atoms with E-state index in [9.17, 15) is 14.3 Å². The Labute approximate surface area is 132 Å². The lowest BCUT2D eigenvalue weighted by Crippen LogP contribution is -2.26. The SMILES string of the molecule is C=C(C)Cc1c(O)c(Cl)cc(F)c1-n1ncc(C)c(C)c1=O. The number of halogens is 2. The maximum Gasteiger partial charge on any atom is 0.274 e. The third-order valence-electron chi connectivity index (χ3n) is 3.44. The summed E-state index contributed by atoms with van der Waals surface area (Å²) in [6.07, 6.45) is 1.66. The summed E-state index contributed by atoms with van der Waals surface area (Å²) >= 11 is 5.83. The van der Waals surface area contributed by atoms with Crippen molar-refractivity contribution < 1.29 is 9.50 Å². The highest BCUT2D eigenvalue weighted by molar-refractivity contribution is 6.32. The second-order valence-corrected chi connectivity index (χ2v) is 5.73. The van der Waals surface area contributed by atoms with Crippen molar-refractivity contribution in [1.29, 1.82) is 0 Å². The molecule has 1 N–H and O–H groups in total. The highest BCUT2D eigenvalue weighted by atomic mass is 35.5. The van der Waals surface area contributed by atoms with E-state index < -0.39 is 11.4 Å². The predicted molar refractivity (Wildman–Crippen MR) is 84.5 cm³/mol. The van der Waals surface area contributed by atoms with Crippen molar-refractivity contribution >= 4 is 11.6 Å². The van der Waals surface area contributed by atoms with Crippen LogP contribution in [-0.2, 0) is 6.42 Å². The molecular formula is C16H16ClFN2O2. The summed E-state index contributed by atoms with van der Waals surface area (Å²) in [6.45, 7) is 8.88. The molecule has 0 saturated heterocycles. The predicted octanol–water partition coefficient (Wildman–Crippen LogP) is 3.47. The Morgan fingerprint density at radius 1 is 1.50 bits per heavy atom. The van der Waals surface area contributed by atoms with Crippen LogP contribution in [0.25, 0.3) is 5.69 Å². The van der Waals surface area contributed by atoms with Crippen molar-refractivity contribution in [1.82, 2.24) is 9.78 Å². The molecule has 0 aliphatic rings. The van der Waals surface area contributed by atoms with Gasteiger partial charge in [0.1, 0.15) is 11.4 Å². The van der Waals surface area contributed by atoms with Crippen molar-refractivity contribution in [3.63, 3.8) is 0 Å². The Bertz CT molecular complexity index is 828. The smallest absolute Gasteiger partial charge is 0.274 e. The molecule has 0 aliphatic carbocycles. The second kappa shape index (κ2) is 5.93. The minimum atomic E-state index is -0.725. The van der Waals surface area contributed by atoms with Gasteiger partial charge in [-0.1, -0.05) is 23.8 Å². The Morgan fingerprint density at radius 3 is 2.73 bits per heavy atom. The first-order valence-corrected chi connectivity index (χ1v) is 7.02. The van der Waals surface area contributed by atoms with Gasteiger partial charge < -0.3 is 5.11 Å². The second-order valence-electron chi connectivity index (χ2n) is 5.32. The van der Waals surface area contributed by atoms with Gasteiger partial charge in [0.25, 0.3) is 5.56 Å². The zero-order valence-electron chi connectivity index (χ0n) is 12.6. The first-order valence-electron chi connectivity index (χ1n) is 6.64. The molecule has 0 fully saturated rings.